The van der Waals surface area contributed by atoms with Crippen LogP contribution in [0, 0.1) is 0 Å². The van der Waals surface area contributed by atoms with E-state index in [1.54, 1.807) is 26.2 Å². The van der Waals surface area contributed by atoms with Gasteiger partial charge in [0.2, 0.25) is 17.6 Å². The van der Waals surface area contributed by atoms with Gasteiger partial charge in [0.1, 0.15) is 12.6 Å². The number of piperazine rings is 1. The van der Waals surface area contributed by atoms with Crippen molar-refractivity contribution in [1.29, 1.82) is 0 Å². The number of aromatic amines is 1. The molecular formula is C32H40N4O5. The second-order valence-corrected chi connectivity index (χ2v) is 12.9. The van der Waals surface area contributed by atoms with E-state index in [0.717, 1.165) is 40.6 Å². The molecule has 2 aromatic carbocycles. The number of methoxy groups -OCH3 is 3. The number of nitrogens with zero attached hydrogens (tertiary/aromatic N) is 2. The van der Waals surface area contributed by atoms with Gasteiger partial charge in [-0.15, -0.1) is 0 Å². The highest BCUT2D eigenvalue weighted by Gasteiger charge is 2.51. The number of para-hydroxylation sites is 1. The van der Waals surface area contributed by atoms with E-state index in [1.807, 2.05) is 35.2 Å². The Balaban J connectivity index is 1.49. The Bertz CT molecular complexity index is 1480. The summed E-state index contributed by atoms with van der Waals surface area (Å²) in [7, 11) is 4.72. The van der Waals surface area contributed by atoms with E-state index in [2.05, 4.69) is 44.1 Å². The number of hydrogen-bond donors (Lipinski definition) is 2. The minimum atomic E-state index is -0.617. The van der Waals surface area contributed by atoms with Gasteiger partial charge >= 0.3 is 0 Å². The smallest absolute Gasteiger partial charge is 0.246 e. The lowest BCUT2D eigenvalue weighted by Gasteiger charge is -2.53. The van der Waals surface area contributed by atoms with Gasteiger partial charge in [-0.2, -0.15) is 0 Å². The summed E-state index contributed by atoms with van der Waals surface area (Å²) in [5.41, 5.74) is 3.44. The molecule has 0 aliphatic carbocycles. The lowest BCUT2D eigenvalue weighted by molar-refractivity contribution is -0.162. The van der Waals surface area contributed by atoms with Crippen molar-refractivity contribution in [1.82, 2.24) is 20.1 Å². The van der Waals surface area contributed by atoms with Crippen molar-refractivity contribution in [2.24, 2.45) is 0 Å². The molecule has 9 nitrogen and oxygen atoms in total. The van der Waals surface area contributed by atoms with Crippen molar-refractivity contribution in [3.63, 3.8) is 0 Å². The molecular weight excluding hydrogens is 520 g/mol. The molecule has 6 rings (SSSR count). The third kappa shape index (κ3) is 4.51. The molecule has 0 saturated carbocycles. The molecule has 2 saturated heterocycles. The number of aromatic nitrogens is 1. The zero-order valence-electron chi connectivity index (χ0n) is 25.0. The van der Waals surface area contributed by atoms with Crippen molar-refractivity contribution >= 4 is 22.7 Å². The van der Waals surface area contributed by atoms with Gasteiger partial charge in [0.25, 0.3) is 0 Å². The molecule has 41 heavy (non-hydrogen) atoms. The SMILES string of the molecule is COc1cc([C@@H]2c3[nH]c4ccccc4c3C[C@@H]3C(=O)N(C4CC(C)(C)NC(C)(C)C4)CC(=O)N23)cc(OC)c1OC. The molecule has 2 atom stereocenters. The average molecular weight is 561 g/mol. The average Bonchev–Trinajstić information content (AvgIpc) is 3.29. The van der Waals surface area contributed by atoms with Crippen LogP contribution >= 0.6 is 0 Å². The fourth-order valence-electron chi connectivity index (χ4n) is 7.69. The molecule has 0 bridgehead atoms. The molecule has 1 aromatic heterocycles. The number of carbonyl (C=O) groups excluding carboxylic acids is 2. The molecule has 3 aromatic rings. The van der Waals surface area contributed by atoms with Crippen molar-refractivity contribution in [3.05, 3.63) is 53.2 Å². The fraction of sp³-hybridized carbons (Fsp3) is 0.500. The Morgan fingerprint density at radius 1 is 0.902 bits per heavy atom. The monoisotopic (exact) mass is 560 g/mol. The van der Waals surface area contributed by atoms with Crippen LogP contribution in [0.25, 0.3) is 10.9 Å². The number of amides is 2. The van der Waals surface area contributed by atoms with E-state index >= 15 is 0 Å². The summed E-state index contributed by atoms with van der Waals surface area (Å²) in [5, 5.41) is 4.77. The number of H-pyrrole nitrogens is 1. The summed E-state index contributed by atoms with van der Waals surface area (Å²) in [4.78, 5) is 35.9. The number of piperidine rings is 1. The van der Waals surface area contributed by atoms with Crippen LogP contribution < -0.4 is 19.5 Å². The number of benzene rings is 2. The summed E-state index contributed by atoms with van der Waals surface area (Å²) >= 11 is 0. The van der Waals surface area contributed by atoms with E-state index in [0.29, 0.717) is 23.7 Å². The summed E-state index contributed by atoms with van der Waals surface area (Å²) in [6.07, 6.45) is 2.03. The van der Waals surface area contributed by atoms with Gasteiger partial charge in [-0.25, -0.2) is 0 Å². The van der Waals surface area contributed by atoms with Gasteiger partial charge < -0.3 is 34.3 Å². The Hall–Kier alpha value is -3.72. The molecule has 0 radical (unpaired) electrons. The first-order chi connectivity index (χ1) is 19.5. The maximum atomic E-state index is 14.4. The van der Waals surface area contributed by atoms with Crippen LogP contribution in [0.15, 0.2) is 36.4 Å². The van der Waals surface area contributed by atoms with Gasteiger partial charge in [0.05, 0.1) is 27.4 Å². The fourth-order valence-corrected chi connectivity index (χ4v) is 7.69. The van der Waals surface area contributed by atoms with Crippen LogP contribution in [-0.2, 0) is 16.0 Å². The predicted molar refractivity (Wildman–Crippen MR) is 157 cm³/mol. The van der Waals surface area contributed by atoms with E-state index in [1.165, 1.54) is 0 Å². The Labute approximate surface area is 241 Å². The largest absolute Gasteiger partial charge is 0.493 e. The first-order valence-electron chi connectivity index (χ1n) is 14.3. The van der Waals surface area contributed by atoms with Gasteiger partial charge in [0, 0.05) is 40.1 Å². The molecule has 218 valence electrons. The highest BCUT2D eigenvalue weighted by molar-refractivity contribution is 5.98. The second-order valence-electron chi connectivity index (χ2n) is 12.9. The summed E-state index contributed by atoms with van der Waals surface area (Å²) < 4.78 is 16.9. The minimum Gasteiger partial charge on any atom is -0.493 e. The zero-order chi connectivity index (χ0) is 29.3. The van der Waals surface area contributed by atoms with Crippen molar-refractivity contribution < 1.29 is 23.8 Å². The molecule has 9 heteroatoms. The minimum absolute atomic E-state index is 0.0106. The van der Waals surface area contributed by atoms with Gasteiger partial charge in [-0.3, -0.25) is 9.59 Å². The second kappa shape index (κ2) is 9.69. The highest BCUT2D eigenvalue weighted by atomic mass is 16.5. The van der Waals surface area contributed by atoms with Gasteiger partial charge in [-0.05, 0) is 69.9 Å². The Morgan fingerprint density at radius 3 is 2.15 bits per heavy atom. The van der Waals surface area contributed by atoms with Crippen LogP contribution in [0.3, 0.4) is 0 Å². The molecule has 3 aliphatic rings. The number of nitrogens with one attached hydrogen (secondary N) is 2. The van der Waals surface area contributed by atoms with Crippen molar-refractivity contribution in [2.75, 3.05) is 27.9 Å². The molecule has 2 amide bonds. The first-order valence-corrected chi connectivity index (χ1v) is 14.3. The van der Waals surface area contributed by atoms with Gasteiger partial charge in [-0.1, -0.05) is 18.2 Å². The third-order valence-electron chi connectivity index (χ3n) is 8.91. The molecule has 4 heterocycles. The lowest BCUT2D eigenvalue weighted by Crippen LogP contribution is -2.69. The van der Waals surface area contributed by atoms with Crippen LogP contribution in [-0.4, -0.2) is 77.6 Å². The van der Waals surface area contributed by atoms with Crippen LogP contribution in [0.1, 0.15) is 63.4 Å². The number of carbonyl (C=O) groups is 2. The normalized spacial score (nSPS) is 23.8. The zero-order valence-corrected chi connectivity index (χ0v) is 25.0. The van der Waals surface area contributed by atoms with E-state index in [4.69, 9.17) is 14.2 Å². The van der Waals surface area contributed by atoms with Crippen molar-refractivity contribution in [2.45, 2.75) is 76.2 Å². The lowest BCUT2D eigenvalue weighted by atomic mass is 9.78. The maximum Gasteiger partial charge on any atom is 0.246 e. The summed E-state index contributed by atoms with van der Waals surface area (Å²) in [5.74, 6) is 1.42. The van der Waals surface area contributed by atoms with Crippen LogP contribution in [0.5, 0.6) is 17.2 Å². The number of ether oxygens (including phenoxy) is 3. The molecule has 0 unspecified atom stereocenters. The number of fused-ring (bicyclic) bond motifs is 4. The molecule has 2 N–H and O–H groups in total. The Morgan fingerprint density at radius 2 is 1.54 bits per heavy atom. The highest BCUT2D eigenvalue weighted by Crippen LogP contribution is 2.47. The summed E-state index contributed by atoms with van der Waals surface area (Å²) in [6, 6.07) is 10.7. The van der Waals surface area contributed by atoms with E-state index < -0.39 is 12.1 Å². The van der Waals surface area contributed by atoms with Crippen molar-refractivity contribution in [3.8, 4) is 17.2 Å². The van der Waals surface area contributed by atoms with E-state index in [9.17, 15) is 9.59 Å². The molecule has 0 spiro atoms. The molecule has 2 fully saturated rings. The number of hydrogen-bond acceptors (Lipinski definition) is 6. The van der Waals surface area contributed by atoms with Crippen LogP contribution in [0.2, 0.25) is 0 Å². The topological polar surface area (TPSA) is 96.1 Å². The Kier molecular flexibility index (Phi) is 6.48. The van der Waals surface area contributed by atoms with E-state index in [-0.39, 0.29) is 35.5 Å². The quantitative estimate of drug-likeness (QED) is 0.486. The summed E-state index contributed by atoms with van der Waals surface area (Å²) in [6.45, 7) is 8.74. The van der Waals surface area contributed by atoms with Crippen LogP contribution in [0.4, 0.5) is 0 Å². The first kappa shape index (κ1) is 27.4. The predicted octanol–water partition coefficient (Wildman–Crippen LogP) is 4.19. The maximum absolute atomic E-state index is 14.4. The van der Waals surface area contributed by atoms with Gasteiger partial charge in [0.15, 0.2) is 11.5 Å². The molecule has 3 aliphatic heterocycles. The third-order valence-corrected chi connectivity index (χ3v) is 8.91. The standard InChI is InChI=1S/C32H40N4O5/c1-31(2)15-19(16-32(3,4)34-31)35-17-26(37)36-23(30(35)38)14-21-20-10-8-9-11-22(20)33-27(21)28(36)18-12-24(39-5)29(41-7)25(13-18)40-6/h8-13,19,23,28,33-34H,14-17H2,1-7H3/t23-,28-/m1/s1. The number of rotatable bonds is 5.